The molecule has 0 unspecified atom stereocenters. The first kappa shape index (κ1) is 10.8. The molecule has 0 atom stereocenters. The molecule has 2 N–H and O–H groups in total. The summed E-state index contributed by atoms with van der Waals surface area (Å²) >= 11 is 0. The van der Waals surface area contributed by atoms with Gasteiger partial charge in [0.15, 0.2) is 0 Å². The summed E-state index contributed by atoms with van der Waals surface area (Å²) in [4.78, 5) is 0. The van der Waals surface area contributed by atoms with Crippen LogP contribution >= 0.6 is 0 Å². The van der Waals surface area contributed by atoms with Crippen LogP contribution in [-0.2, 0) is 13.0 Å². The van der Waals surface area contributed by atoms with Crippen LogP contribution in [0.1, 0.15) is 11.3 Å². The Hall–Kier alpha value is -1.74. The van der Waals surface area contributed by atoms with Crippen LogP contribution in [0.2, 0.25) is 0 Å². The van der Waals surface area contributed by atoms with E-state index in [-0.39, 0.29) is 0 Å². The Kier molecular flexibility index (Phi) is 3.62. The Labute approximate surface area is 94.7 Å². The number of phenols is 1. The highest BCUT2D eigenvalue weighted by Crippen LogP contribution is 2.09. The molecule has 0 bridgehead atoms. The molecule has 3 nitrogen and oxygen atoms in total. The van der Waals surface area contributed by atoms with E-state index in [4.69, 9.17) is 9.52 Å². The first-order valence-corrected chi connectivity index (χ1v) is 5.35. The maximum atomic E-state index is 9.13. The topological polar surface area (TPSA) is 45.4 Å². The number of furan rings is 1. The summed E-state index contributed by atoms with van der Waals surface area (Å²) in [5, 5.41) is 12.4. The zero-order valence-electron chi connectivity index (χ0n) is 9.02. The van der Waals surface area contributed by atoms with Crippen molar-refractivity contribution in [3.8, 4) is 5.75 Å². The van der Waals surface area contributed by atoms with Gasteiger partial charge in [-0.15, -0.1) is 0 Å². The minimum absolute atomic E-state index is 0.312. The standard InChI is InChI=1S/C13H15NO2/c15-12-5-3-11(4-6-12)7-8-14-10-13-2-1-9-16-13/h1-6,9,14-15H,7-8,10H2. The molecular weight excluding hydrogens is 202 g/mol. The first-order valence-electron chi connectivity index (χ1n) is 5.35. The Balaban J connectivity index is 1.70. The molecule has 0 aliphatic carbocycles. The van der Waals surface area contributed by atoms with Crippen LogP contribution in [0.3, 0.4) is 0 Å². The van der Waals surface area contributed by atoms with Crippen molar-refractivity contribution in [3.63, 3.8) is 0 Å². The number of aromatic hydroxyl groups is 1. The van der Waals surface area contributed by atoms with Crippen molar-refractivity contribution in [2.24, 2.45) is 0 Å². The fourth-order valence-electron chi connectivity index (χ4n) is 1.52. The summed E-state index contributed by atoms with van der Waals surface area (Å²) in [7, 11) is 0. The van der Waals surface area contributed by atoms with Crippen molar-refractivity contribution >= 4 is 0 Å². The highest BCUT2D eigenvalue weighted by molar-refractivity contribution is 5.25. The zero-order valence-corrected chi connectivity index (χ0v) is 9.02. The van der Waals surface area contributed by atoms with E-state index >= 15 is 0 Å². The Bertz CT molecular complexity index is 406. The molecule has 0 saturated carbocycles. The van der Waals surface area contributed by atoms with Crippen LogP contribution in [-0.4, -0.2) is 11.7 Å². The molecule has 0 aliphatic rings. The fraction of sp³-hybridized carbons (Fsp3) is 0.231. The second-order valence-corrected chi connectivity index (χ2v) is 3.67. The van der Waals surface area contributed by atoms with Gasteiger partial charge < -0.3 is 14.8 Å². The molecule has 0 spiro atoms. The lowest BCUT2D eigenvalue weighted by atomic mass is 10.1. The zero-order chi connectivity index (χ0) is 11.2. The summed E-state index contributed by atoms with van der Waals surface area (Å²) < 4.78 is 5.21. The van der Waals surface area contributed by atoms with E-state index < -0.39 is 0 Å². The van der Waals surface area contributed by atoms with Gasteiger partial charge in [0.1, 0.15) is 11.5 Å². The SMILES string of the molecule is Oc1ccc(CCNCc2ccco2)cc1. The molecule has 0 amide bonds. The Morgan fingerprint density at radius 2 is 1.94 bits per heavy atom. The largest absolute Gasteiger partial charge is 0.508 e. The lowest BCUT2D eigenvalue weighted by Gasteiger charge is -2.03. The molecule has 2 aromatic rings. The van der Waals surface area contributed by atoms with Crippen LogP contribution in [0.25, 0.3) is 0 Å². The number of hydrogen-bond acceptors (Lipinski definition) is 3. The van der Waals surface area contributed by atoms with Gasteiger partial charge in [0.05, 0.1) is 12.8 Å². The van der Waals surface area contributed by atoms with Gasteiger partial charge in [-0.25, -0.2) is 0 Å². The normalized spacial score (nSPS) is 10.5. The van der Waals surface area contributed by atoms with Crippen LogP contribution < -0.4 is 5.32 Å². The average molecular weight is 217 g/mol. The number of rotatable bonds is 5. The van der Waals surface area contributed by atoms with E-state index in [0.29, 0.717) is 5.75 Å². The van der Waals surface area contributed by atoms with Crippen molar-refractivity contribution in [2.45, 2.75) is 13.0 Å². The molecule has 16 heavy (non-hydrogen) atoms. The second kappa shape index (κ2) is 5.37. The number of phenolic OH excluding ortho intramolecular Hbond substituents is 1. The minimum atomic E-state index is 0.312. The quantitative estimate of drug-likeness (QED) is 0.755. The van der Waals surface area contributed by atoms with E-state index in [9.17, 15) is 0 Å². The Morgan fingerprint density at radius 1 is 1.12 bits per heavy atom. The van der Waals surface area contributed by atoms with Gasteiger partial charge in [-0.3, -0.25) is 0 Å². The van der Waals surface area contributed by atoms with E-state index in [1.165, 1.54) is 5.56 Å². The first-order chi connectivity index (χ1) is 7.84. The van der Waals surface area contributed by atoms with Crippen molar-refractivity contribution in [1.29, 1.82) is 0 Å². The van der Waals surface area contributed by atoms with Gasteiger partial charge in [0.2, 0.25) is 0 Å². The van der Waals surface area contributed by atoms with Gasteiger partial charge >= 0.3 is 0 Å². The highest BCUT2D eigenvalue weighted by Gasteiger charge is 1.96. The third kappa shape index (κ3) is 3.14. The smallest absolute Gasteiger partial charge is 0.117 e. The molecule has 1 aromatic carbocycles. The molecule has 84 valence electrons. The van der Waals surface area contributed by atoms with Crippen LogP contribution in [0.5, 0.6) is 5.75 Å². The van der Waals surface area contributed by atoms with Crippen LogP contribution in [0, 0.1) is 0 Å². The molecular formula is C13H15NO2. The predicted molar refractivity (Wildman–Crippen MR) is 62.2 cm³/mol. The molecule has 1 aromatic heterocycles. The highest BCUT2D eigenvalue weighted by atomic mass is 16.3. The van der Waals surface area contributed by atoms with Crippen LogP contribution in [0.15, 0.2) is 47.1 Å². The van der Waals surface area contributed by atoms with Gasteiger partial charge in [-0.2, -0.15) is 0 Å². The van der Waals surface area contributed by atoms with Gasteiger partial charge in [-0.1, -0.05) is 12.1 Å². The second-order valence-electron chi connectivity index (χ2n) is 3.67. The molecule has 0 radical (unpaired) electrons. The summed E-state index contributed by atoms with van der Waals surface area (Å²) in [6, 6.07) is 11.1. The molecule has 3 heteroatoms. The third-order valence-electron chi connectivity index (χ3n) is 2.41. The molecule has 0 fully saturated rings. The third-order valence-corrected chi connectivity index (χ3v) is 2.41. The lowest BCUT2D eigenvalue weighted by molar-refractivity contribution is 0.475. The summed E-state index contributed by atoms with van der Waals surface area (Å²) in [6.07, 6.45) is 2.62. The summed E-state index contributed by atoms with van der Waals surface area (Å²) in [5.74, 6) is 1.26. The summed E-state index contributed by atoms with van der Waals surface area (Å²) in [5.41, 5.74) is 1.21. The molecule has 0 saturated heterocycles. The number of nitrogens with one attached hydrogen (secondary N) is 1. The fourth-order valence-corrected chi connectivity index (χ4v) is 1.52. The van der Waals surface area contributed by atoms with Gasteiger partial charge in [0.25, 0.3) is 0 Å². The maximum Gasteiger partial charge on any atom is 0.117 e. The number of benzene rings is 1. The molecule has 2 rings (SSSR count). The average Bonchev–Trinajstić information content (AvgIpc) is 2.80. The van der Waals surface area contributed by atoms with Crippen molar-refractivity contribution < 1.29 is 9.52 Å². The van der Waals surface area contributed by atoms with Crippen molar-refractivity contribution in [3.05, 3.63) is 54.0 Å². The molecule has 1 heterocycles. The van der Waals surface area contributed by atoms with Crippen LogP contribution in [0.4, 0.5) is 0 Å². The van der Waals surface area contributed by atoms with Crippen molar-refractivity contribution in [1.82, 2.24) is 5.32 Å². The maximum absolute atomic E-state index is 9.13. The summed E-state index contributed by atoms with van der Waals surface area (Å²) in [6.45, 7) is 1.65. The van der Waals surface area contributed by atoms with E-state index in [2.05, 4.69) is 5.32 Å². The van der Waals surface area contributed by atoms with E-state index in [1.807, 2.05) is 24.3 Å². The van der Waals surface area contributed by atoms with Crippen molar-refractivity contribution in [2.75, 3.05) is 6.54 Å². The Morgan fingerprint density at radius 3 is 2.62 bits per heavy atom. The number of hydrogen-bond donors (Lipinski definition) is 2. The van der Waals surface area contributed by atoms with E-state index in [0.717, 1.165) is 25.3 Å². The van der Waals surface area contributed by atoms with E-state index in [1.54, 1.807) is 18.4 Å². The van der Waals surface area contributed by atoms with Gasteiger partial charge in [-0.05, 0) is 42.8 Å². The molecule has 0 aliphatic heterocycles. The lowest BCUT2D eigenvalue weighted by Crippen LogP contribution is -2.16. The minimum Gasteiger partial charge on any atom is -0.508 e. The van der Waals surface area contributed by atoms with Gasteiger partial charge in [0, 0.05) is 0 Å². The monoisotopic (exact) mass is 217 g/mol. The predicted octanol–water partition coefficient (Wildman–Crippen LogP) is 2.32.